The molecule has 0 aliphatic carbocycles. The van der Waals surface area contributed by atoms with Gasteiger partial charge in [-0.1, -0.05) is 27.5 Å². The van der Waals surface area contributed by atoms with Crippen LogP contribution in [0.1, 0.15) is 5.56 Å². The minimum absolute atomic E-state index is 0.0683. The lowest BCUT2D eigenvalue weighted by atomic mass is 10.2. The van der Waals surface area contributed by atoms with E-state index in [2.05, 4.69) is 21.0 Å². The van der Waals surface area contributed by atoms with E-state index in [0.29, 0.717) is 10.0 Å². The molecule has 18 heavy (non-hydrogen) atoms. The van der Waals surface area contributed by atoms with Gasteiger partial charge >= 0.3 is 5.82 Å². The van der Waals surface area contributed by atoms with Gasteiger partial charge in [0, 0.05) is 10.0 Å². The number of rotatable bonds is 3. The number of hydrogen-bond acceptors (Lipinski definition) is 3. The van der Waals surface area contributed by atoms with Crippen LogP contribution < -0.4 is 0 Å². The van der Waals surface area contributed by atoms with Gasteiger partial charge in [-0.15, -0.1) is 0 Å². The van der Waals surface area contributed by atoms with E-state index < -0.39 is 16.6 Å². The summed E-state index contributed by atoms with van der Waals surface area (Å²) in [6.45, 7) is 0.0683. The van der Waals surface area contributed by atoms with E-state index in [1.54, 1.807) is 12.1 Å². The summed E-state index contributed by atoms with van der Waals surface area (Å²) in [5.41, 5.74) is 0.360. The van der Waals surface area contributed by atoms with Gasteiger partial charge in [0.05, 0.1) is 17.8 Å². The Hall–Kier alpha value is -1.47. The quantitative estimate of drug-likeness (QED) is 0.638. The lowest BCUT2D eigenvalue weighted by Gasteiger charge is -2.01. The average Bonchev–Trinajstić information content (AvgIpc) is 2.65. The second-order valence-corrected chi connectivity index (χ2v) is 4.81. The van der Waals surface area contributed by atoms with Crippen molar-refractivity contribution in [3.05, 3.63) is 55.4 Å². The first-order valence-corrected chi connectivity index (χ1v) is 5.95. The molecule has 5 nitrogen and oxygen atoms in total. The Bertz CT molecular complexity index is 617. The van der Waals surface area contributed by atoms with Gasteiger partial charge in [-0.05, 0) is 23.1 Å². The summed E-state index contributed by atoms with van der Waals surface area (Å²) in [5, 5.41) is 14.2. The molecule has 1 aromatic heterocycles. The second-order valence-electron chi connectivity index (χ2n) is 3.49. The van der Waals surface area contributed by atoms with Crippen LogP contribution in [-0.4, -0.2) is 14.7 Å². The molecule has 0 fully saturated rings. The van der Waals surface area contributed by atoms with Gasteiger partial charge in [0.1, 0.15) is 5.82 Å². The minimum atomic E-state index is -0.684. The van der Waals surface area contributed by atoms with Crippen LogP contribution in [0, 0.1) is 15.9 Å². The highest BCUT2D eigenvalue weighted by molar-refractivity contribution is 9.10. The van der Waals surface area contributed by atoms with Gasteiger partial charge in [-0.3, -0.25) is 0 Å². The molecule has 0 aliphatic rings. The van der Waals surface area contributed by atoms with Crippen LogP contribution in [0.15, 0.2) is 28.9 Å². The molecule has 1 heterocycles. The topological polar surface area (TPSA) is 61.0 Å². The number of nitrogens with zero attached hydrogens (tertiary/aromatic N) is 3. The fourth-order valence-electron chi connectivity index (χ4n) is 1.43. The van der Waals surface area contributed by atoms with Crippen molar-refractivity contribution >= 4 is 33.3 Å². The Morgan fingerprint density at radius 3 is 2.89 bits per heavy atom. The smallest absolute Gasteiger partial charge is 0.358 e. The Morgan fingerprint density at radius 2 is 2.28 bits per heavy atom. The molecule has 0 amide bonds. The molecule has 0 N–H and O–H groups in total. The van der Waals surface area contributed by atoms with E-state index in [4.69, 9.17) is 11.6 Å². The standard InChI is InChI=1S/C10H6BrClFN3O2/c11-7-1-2-9(13)6(3-7)4-15-5-8(12)10(14-15)16(17)18/h1-3,5H,4H2. The van der Waals surface area contributed by atoms with Crippen molar-refractivity contribution in [3.8, 4) is 0 Å². The van der Waals surface area contributed by atoms with Crippen LogP contribution in [0.4, 0.5) is 10.2 Å². The molecule has 0 atom stereocenters. The molecular formula is C10H6BrClFN3O2. The van der Waals surface area contributed by atoms with Crippen LogP contribution in [0.25, 0.3) is 0 Å². The monoisotopic (exact) mass is 333 g/mol. The largest absolute Gasteiger partial charge is 0.408 e. The highest BCUT2D eigenvalue weighted by atomic mass is 79.9. The van der Waals surface area contributed by atoms with Crippen molar-refractivity contribution in [2.75, 3.05) is 0 Å². The molecule has 1 aromatic carbocycles. The molecule has 0 bridgehead atoms. The predicted octanol–water partition coefficient (Wildman–Crippen LogP) is 3.39. The van der Waals surface area contributed by atoms with Crippen molar-refractivity contribution in [1.29, 1.82) is 0 Å². The Balaban J connectivity index is 2.31. The number of hydrogen-bond donors (Lipinski definition) is 0. The molecule has 0 unspecified atom stereocenters. The summed E-state index contributed by atoms with van der Waals surface area (Å²) in [5.74, 6) is -0.848. The molecule has 0 saturated carbocycles. The zero-order valence-electron chi connectivity index (χ0n) is 8.81. The Morgan fingerprint density at radius 1 is 1.56 bits per heavy atom. The maximum absolute atomic E-state index is 13.5. The first-order chi connectivity index (χ1) is 8.47. The normalized spacial score (nSPS) is 10.6. The summed E-state index contributed by atoms with van der Waals surface area (Å²) in [4.78, 5) is 9.89. The summed E-state index contributed by atoms with van der Waals surface area (Å²) in [7, 11) is 0. The van der Waals surface area contributed by atoms with Crippen molar-refractivity contribution in [2.45, 2.75) is 6.54 Å². The van der Waals surface area contributed by atoms with Crippen molar-refractivity contribution < 1.29 is 9.31 Å². The van der Waals surface area contributed by atoms with Gasteiger partial charge in [-0.2, -0.15) is 4.68 Å². The highest BCUT2D eigenvalue weighted by Crippen LogP contribution is 2.23. The van der Waals surface area contributed by atoms with E-state index in [0.717, 1.165) is 0 Å². The van der Waals surface area contributed by atoms with Gasteiger partial charge < -0.3 is 10.1 Å². The maximum atomic E-state index is 13.5. The van der Waals surface area contributed by atoms with E-state index >= 15 is 0 Å². The first kappa shape index (κ1) is 13.0. The summed E-state index contributed by atoms with van der Waals surface area (Å²) < 4.78 is 15.4. The molecule has 94 valence electrons. The first-order valence-electron chi connectivity index (χ1n) is 4.78. The number of nitro groups is 1. The summed E-state index contributed by atoms with van der Waals surface area (Å²) in [6.07, 6.45) is 1.29. The fourth-order valence-corrected chi connectivity index (χ4v) is 2.06. The predicted molar refractivity (Wildman–Crippen MR) is 67.1 cm³/mol. The summed E-state index contributed by atoms with van der Waals surface area (Å²) >= 11 is 8.87. The van der Waals surface area contributed by atoms with Gasteiger partial charge in [0.2, 0.25) is 0 Å². The van der Waals surface area contributed by atoms with Crippen molar-refractivity contribution in [3.63, 3.8) is 0 Å². The lowest BCUT2D eigenvalue weighted by Crippen LogP contribution is -2.03. The zero-order valence-corrected chi connectivity index (χ0v) is 11.2. The van der Waals surface area contributed by atoms with Gasteiger partial charge in [-0.25, -0.2) is 4.39 Å². The lowest BCUT2D eigenvalue weighted by molar-refractivity contribution is -0.389. The van der Waals surface area contributed by atoms with Crippen molar-refractivity contribution in [2.24, 2.45) is 0 Å². The molecule has 0 radical (unpaired) electrons. The van der Waals surface area contributed by atoms with Crippen LogP contribution >= 0.6 is 27.5 Å². The highest BCUT2D eigenvalue weighted by Gasteiger charge is 2.19. The van der Waals surface area contributed by atoms with Crippen molar-refractivity contribution in [1.82, 2.24) is 9.78 Å². The molecule has 2 aromatic rings. The fraction of sp³-hybridized carbons (Fsp3) is 0.100. The SMILES string of the molecule is O=[N+]([O-])c1nn(Cc2cc(Br)ccc2F)cc1Cl. The number of aromatic nitrogens is 2. The molecule has 0 aliphatic heterocycles. The molecule has 8 heteroatoms. The third-order valence-corrected chi connectivity index (χ3v) is 2.97. The van der Waals surface area contributed by atoms with E-state index in [9.17, 15) is 14.5 Å². The Labute approximate surface area is 114 Å². The molecule has 0 spiro atoms. The van der Waals surface area contributed by atoms with E-state index in [1.165, 1.54) is 16.9 Å². The van der Waals surface area contributed by atoms with Crippen LogP contribution in [0.2, 0.25) is 5.02 Å². The minimum Gasteiger partial charge on any atom is -0.358 e. The maximum Gasteiger partial charge on any atom is 0.408 e. The van der Waals surface area contributed by atoms with Crippen LogP contribution in [0.5, 0.6) is 0 Å². The average molecular weight is 335 g/mol. The van der Waals surface area contributed by atoms with E-state index in [1.807, 2.05) is 0 Å². The van der Waals surface area contributed by atoms with Gasteiger partial charge in [0.15, 0.2) is 5.02 Å². The third-order valence-electron chi connectivity index (χ3n) is 2.21. The van der Waals surface area contributed by atoms with Crippen LogP contribution in [0.3, 0.4) is 0 Å². The number of benzene rings is 1. The molecule has 2 rings (SSSR count). The zero-order chi connectivity index (χ0) is 13.3. The summed E-state index contributed by atoms with van der Waals surface area (Å²) in [6, 6.07) is 4.45. The molecular weight excluding hydrogens is 328 g/mol. The second kappa shape index (κ2) is 5.03. The van der Waals surface area contributed by atoms with Gasteiger partial charge in [0.25, 0.3) is 0 Å². The van der Waals surface area contributed by atoms with E-state index in [-0.39, 0.29) is 11.6 Å². The third kappa shape index (κ3) is 2.68. The Kier molecular flexibility index (Phi) is 3.63. The van der Waals surface area contributed by atoms with Crippen LogP contribution in [-0.2, 0) is 6.54 Å². The number of halogens is 3. The molecule has 0 saturated heterocycles.